The molecular weight excluding hydrogens is 198 g/mol. The lowest BCUT2D eigenvalue weighted by Crippen LogP contribution is -2.05. The van der Waals surface area contributed by atoms with Gasteiger partial charge in [-0.15, -0.1) is 0 Å². The molecule has 0 spiro atoms. The Kier molecular flexibility index (Phi) is 4.77. The van der Waals surface area contributed by atoms with Crippen molar-refractivity contribution in [2.75, 3.05) is 13.7 Å². The molecule has 1 aromatic carbocycles. The van der Waals surface area contributed by atoms with Gasteiger partial charge in [-0.3, -0.25) is 0 Å². The molecule has 14 heavy (non-hydrogen) atoms. The fraction of sp³-hybridized carbons (Fsp3) is 0.455. The molecular formula is C11H16ClNO. The van der Waals surface area contributed by atoms with E-state index in [2.05, 4.69) is 12.2 Å². The summed E-state index contributed by atoms with van der Waals surface area (Å²) in [7, 11) is 1.90. The molecule has 0 radical (unpaired) electrons. The Morgan fingerprint density at radius 1 is 1.43 bits per heavy atom. The van der Waals surface area contributed by atoms with Gasteiger partial charge in [0.1, 0.15) is 5.75 Å². The van der Waals surface area contributed by atoms with Crippen molar-refractivity contribution in [3.8, 4) is 5.75 Å². The van der Waals surface area contributed by atoms with E-state index in [4.69, 9.17) is 16.3 Å². The first kappa shape index (κ1) is 11.3. The minimum Gasteiger partial charge on any atom is -0.494 e. The minimum absolute atomic E-state index is 0.738. The minimum atomic E-state index is 0.738. The summed E-state index contributed by atoms with van der Waals surface area (Å²) in [4.78, 5) is 0. The van der Waals surface area contributed by atoms with Crippen LogP contribution in [-0.2, 0) is 6.54 Å². The number of hydrogen-bond donors (Lipinski definition) is 1. The molecule has 1 N–H and O–H groups in total. The molecule has 0 atom stereocenters. The maximum atomic E-state index is 6.07. The van der Waals surface area contributed by atoms with Crippen LogP contribution in [0.1, 0.15) is 18.9 Å². The lowest BCUT2D eigenvalue weighted by Gasteiger charge is -2.07. The number of halogens is 1. The van der Waals surface area contributed by atoms with Crippen molar-refractivity contribution in [1.29, 1.82) is 0 Å². The molecule has 0 fully saturated rings. The molecule has 0 saturated heterocycles. The van der Waals surface area contributed by atoms with Gasteiger partial charge in [-0.1, -0.05) is 24.6 Å². The summed E-state index contributed by atoms with van der Waals surface area (Å²) in [5.74, 6) is 0.844. The Morgan fingerprint density at radius 2 is 2.21 bits per heavy atom. The zero-order chi connectivity index (χ0) is 10.4. The van der Waals surface area contributed by atoms with E-state index in [-0.39, 0.29) is 0 Å². The largest absolute Gasteiger partial charge is 0.494 e. The zero-order valence-electron chi connectivity index (χ0n) is 8.64. The van der Waals surface area contributed by atoms with Crippen LogP contribution in [0.15, 0.2) is 18.2 Å². The van der Waals surface area contributed by atoms with Crippen LogP contribution < -0.4 is 10.1 Å². The molecule has 2 nitrogen and oxygen atoms in total. The lowest BCUT2D eigenvalue weighted by molar-refractivity contribution is 0.317. The Morgan fingerprint density at radius 3 is 2.79 bits per heavy atom. The molecule has 0 aliphatic rings. The van der Waals surface area contributed by atoms with Gasteiger partial charge in [0.15, 0.2) is 0 Å². The van der Waals surface area contributed by atoms with E-state index < -0.39 is 0 Å². The standard InChI is InChI=1S/C11H16ClNO/c1-3-6-14-10-5-4-9(8-13-2)11(12)7-10/h4-5,7,13H,3,6,8H2,1-2H3. The average molecular weight is 214 g/mol. The van der Waals surface area contributed by atoms with Gasteiger partial charge in [-0.2, -0.15) is 0 Å². The molecule has 0 aromatic heterocycles. The fourth-order valence-corrected chi connectivity index (χ4v) is 1.41. The Hall–Kier alpha value is -0.730. The van der Waals surface area contributed by atoms with Crippen molar-refractivity contribution in [3.63, 3.8) is 0 Å². The van der Waals surface area contributed by atoms with Crippen molar-refractivity contribution >= 4 is 11.6 Å². The highest BCUT2D eigenvalue weighted by Crippen LogP contribution is 2.22. The molecule has 1 aromatic rings. The van der Waals surface area contributed by atoms with Crippen LogP contribution in [0, 0.1) is 0 Å². The number of benzene rings is 1. The average Bonchev–Trinajstić information content (AvgIpc) is 2.19. The van der Waals surface area contributed by atoms with Crippen molar-refractivity contribution in [1.82, 2.24) is 5.32 Å². The predicted octanol–water partition coefficient (Wildman–Crippen LogP) is 2.85. The van der Waals surface area contributed by atoms with Crippen LogP contribution in [0.3, 0.4) is 0 Å². The molecule has 0 unspecified atom stereocenters. The molecule has 0 aliphatic carbocycles. The van der Waals surface area contributed by atoms with E-state index in [1.165, 1.54) is 0 Å². The summed E-state index contributed by atoms with van der Waals surface area (Å²) in [5.41, 5.74) is 1.10. The fourth-order valence-electron chi connectivity index (χ4n) is 1.17. The van der Waals surface area contributed by atoms with Crippen molar-refractivity contribution < 1.29 is 4.74 Å². The summed E-state index contributed by atoms with van der Waals surface area (Å²) in [5, 5.41) is 3.82. The number of ether oxygens (including phenoxy) is 1. The number of hydrogen-bond acceptors (Lipinski definition) is 2. The second-order valence-corrected chi connectivity index (χ2v) is 3.54. The van der Waals surface area contributed by atoms with E-state index in [9.17, 15) is 0 Å². The summed E-state index contributed by atoms with van der Waals surface area (Å²) in [6, 6.07) is 5.81. The van der Waals surface area contributed by atoms with Crippen molar-refractivity contribution in [3.05, 3.63) is 28.8 Å². The first-order valence-corrected chi connectivity index (χ1v) is 5.21. The Balaban J connectivity index is 2.68. The van der Waals surface area contributed by atoms with Gasteiger partial charge < -0.3 is 10.1 Å². The van der Waals surface area contributed by atoms with Gasteiger partial charge >= 0.3 is 0 Å². The Bertz CT molecular complexity index is 289. The van der Waals surface area contributed by atoms with E-state index >= 15 is 0 Å². The third kappa shape index (κ3) is 3.20. The second kappa shape index (κ2) is 5.89. The summed E-state index contributed by atoms with van der Waals surface area (Å²) in [6.45, 7) is 3.60. The van der Waals surface area contributed by atoms with Crippen molar-refractivity contribution in [2.45, 2.75) is 19.9 Å². The van der Waals surface area contributed by atoms with Crippen LogP contribution in [0.2, 0.25) is 5.02 Å². The second-order valence-electron chi connectivity index (χ2n) is 3.13. The van der Waals surface area contributed by atoms with Gasteiger partial charge in [0.2, 0.25) is 0 Å². The van der Waals surface area contributed by atoms with E-state index in [0.29, 0.717) is 0 Å². The highest BCUT2D eigenvalue weighted by atomic mass is 35.5. The molecule has 78 valence electrons. The first-order chi connectivity index (χ1) is 6.77. The molecule has 0 aliphatic heterocycles. The maximum absolute atomic E-state index is 6.07. The lowest BCUT2D eigenvalue weighted by atomic mass is 10.2. The van der Waals surface area contributed by atoms with E-state index in [1.807, 2.05) is 25.2 Å². The normalized spacial score (nSPS) is 10.2. The summed E-state index contributed by atoms with van der Waals surface area (Å²) in [6.07, 6.45) is 1.01. The predicted molar refractivity (Wildman–Crippen MR) is 60.0 cm³/mol. The third-order valence-electron chi connectivity index (χ3n) is 1.86. The molecule has 1 rings (SSSR count). The first-order valence-electron chi connectivity index (χ1n) is 4.83. The quantitative estimate of drug-likeness (QED) is 0.812. The van der Waals surface area contributed by atoms with Crippen LogP contribution in [0.5, 0.6) is 5.75 Å². The molecule has 0 amide bonds. The van der Waals surface area contributed by atoms with Gasteiger partial charge in [-0.25, -0.2) is 0 Å². The van der Waals surface area contributed by atoms with Gasteiger partial charge in [0, 0.05) is 11.6 Å². The van der Waals surface area contributed by atoms with E-state index in [1.54, 1.807) is 0 Å². The third-order valence-corrected chi connectivity index (χ3v) is 2.22. The van der Waals surface area contributed by atoms with Gasteiger partial charge in [-0.05, 0) is 31.2 Å². The molecule has 0 saturated carbocycles. The van der Waals surface area contributed by atoms with Crippen LogP contribution >= 0.6 is 11.6 Å². The summed E-state index contributed by atoms with van der Waals surface area (Å²) < 4.78 is 5.46. The topological polar surface area (TPSA) is 21.3 Å². The van der Waals surface area contributed by atoms with Crippen LogP contribution in [0.25, 0.3) is 0 Å². The highest BCUT2D eigenvalue weighted by Gasteiger charge is 2.01. The van der Waals surface area contributed by atoms with E-state index in [0.717, 1.165) is 35.9 Å². The van der Waals surface area contributed by atoms with Gasteiger partial charge in [0.25, 0.3) is 0 Å². The number of rotatable bonds is 5. The SMILES string of the molecule is CCCOc1ccc(CNC)c(Cl)c1. The molecule has 0 heterocycles. The number of nitrogens with one attached hydrogen (secondary N) is 1. The van der Waals surface area contributed by atoms with Crippen LogP contribution in [0.4, 0.5) is 0 Å². The van der Waals surface area contributed by atoms with Gasteiger partial charge in [0.05, 0.1) is 6.61 Å². The highest BCUT2D eigenvalue weighted by molar-refractivity contribution is 6.31. The van der Waals surface area contributed by atoms with Crippen LogP contribution in [-0.4, -0.2) is 13.7 Å². The summed E-state index contributed by atoms with van der Waals surface area (Å²) >= 11 is 6.07. The Labute approximate surface area is 90.2 Å². The monoisotopic (exact) mass is 213 g/mol. The van der Waals surface area contributed by atoms with Crippen molar-refractivity contribution in [2.24, 2.45) is 0 Å². The zero-order valence-corrected chi connectivity index (χ0v) is 9.40. The molecule has 0 bridgehead atoms. The smallest absolute Gasteiger partial charge is 0.120 e. The molecule has 3 heteroatoms. The maximum Gasteiger partial charge on any atom is 0.120 e.